The van der Waals surface area contributed by atoms with E-state index in [2.05, 4.69) is 15.6 Å². The van der Waals surface area contributed by atoms with E-state index in [4.69, 9.17) is 27.9 Å². The summed E-state index contributed by atoms with van der Waals surface area (Å²) in [7, 11) is 0. The van der Waals surface area contributed by atoms with Crippen molar-refractivity contribution in [2.24, 2.45) is 0 Å². The van der Waals surface area contributed by atoms with E-state index < -0.39 is 6.10 Å². The first kappa shape index (κ1) is 19.3. The number of nitrogens with zero attached hydrogens (tertiary/aromatic N) is 2. The van der Waals surface area contributed by atoms with Gasteiger partial charge in [-0.15, -0.1) is 0 Å². The van der Waals surface area contributed by atoms with Crippen molar-refractivity contribution in [3.8, 4) is 5.75 Å². The number of amides is 2. The van der Waals surface area contributed by atoms with Gasteiger partial charge in [0.1, 0.15) is 11.6 Å². The Bertz CT molecular complexity index is 825. The molecule has 0 spiro atoms. The van der Waals surface area contributed by atoms with Crippen LogP contribution in [0, 0.1) is 0 Å². The van der Waals surface area contributed by atoms with Crippen LogP contribution in [0.15, 0.2) is 36.5 Å². The molecule has 2 heterocycles. The van der Waals surface area contributed by atoms with Gasteiger partial charge in [0.25, 0.3) is 5.91 Å². The Morgan fingerprint density at radius 3 is 2.67 bits per heavy atom. The van der Waals surface area contributed by atoms with Crippen molar-refractivity contribution in [1.29, 1.82) is 0 Å². The van der Waals surface area contributed by atoms with E-state index in [1.54, 1.807) is 43.5 Å². The Labute approximate surface area is 166 Å². The maximum atomic E-state index is 12.3. The third kappa shape index (κ3) is 5.24. The van der Waals surface area contributed by atoms with Crippen LogP contribution in [0.1, 0.15) is 6.92 Å². The maximum absolute atomic E-state index is 12.3. The number of carbonyl (C=O) groups excluding carboxylic acids is 2. The number of carbonyl (C=O) groups is 2. The first-order chi connectivity index (χ1) is 12.9. The molecule has 0 saturated carbocycles. The van der Waals surface area contributed by atoms with Crippen molar-refractivity contribution in [2.75, 3.05) is 29.9 Å². The van der Waals surface area contributed by atoms with E-state index in [0.717, 1.165) is 0 Å². The van der Waals surface area contributed by atoms with Crippen LogP contribution in [-0.2, 0) is 9.59 Å². The second-order valence-electron chi connectivity index (χ2n) is 6.03. The zero-order valence-electron chi connectivity index (χ0n) is 14.5. The average Bonchev–Trinajstić information content (AvgIpc) is 2.61. The molecule has 1 aromatic carbocycles. The zero-order chi connectivity index (χ0) is 19.4. The van der Waals surface area contributed by atoms with E-state index in [1.807, 2.05) is 4.90 Å². The molecular formula is C18H18Cl2N4O3. The van der Waals surface area contributed by atoms with Crippen molar-refractivity contribution in [1.82, 2.24) is 10.3 Å². The van der Waals surface area contributed by atoms with Crippen molar-refractivity contribution in [3.63, 3.8) is 0 Å². The van der Waals surface area contributed by atoms with Gasteiger partial charge in [0, 0.05) is 23.1 Å². The minimum Gasteiger partial charge on any atom is -0.481 e. The van der Waals surface area contributed by atoms with Gasteiger partial charge in [0.2, 0.25) is 5.91 Å². The van der Waals surface area contributed by atoms with Gasteiger partial charge in [-0.3, -0.25) is 9.59 Å². The number of rotatable bonds is 5. The fourth-order valence-corrected chi connectivity index (χ4v) is 3.09. The van der Waals surface area contributed by atoms with E-state index in [-0.39, 0.29) is 18.4 Å². The van der Waals surface area contributed by atoms with Gasteiger partial charge < -0.3 is 20.3 Å². The number of hydrogen-bond acceptors (Lipinski definition) is 5. The minimum atomic E-state index is -0.759. The van der Waals surface area contributed by atoms with Crippen LogP contribution in [0.25, 0.3) is 0 Å². The van der Waals surface area contributed by atoms with E-state index in [9.17, 15) is 9.59 Å². The van der Waals surface area contributed by atoms with Gasteiger partial charge >= 0.3 is 0 Å². The van der Waals surface area contributed by atoms with Gasteiger partial charge in [-0.25, -0.2) is 4.98 Å². The van der Waals surface area contributed by atoms with Crippen LogP contribution in [0.5, 0.6) is 5.75 Å². The van der Waals surface area contributed by atoms with Crippen molar-refractivity contribution in [3.05, 3.63) is 46.6 Å². The fourth-order valence-electron chi connectivity index (χ4n) is 2.58. The lowest BCUT2D eigenvalue weighted by atomic mass is 10.3. The Balaban J connectivity index is 1.59. The average molecular weight is 409 g/mol. The van der Waals surface area contributed by atoms with Crippen LogP contribution in [0.2, 0.25) is 10.0 Å². The molecule has 9 heteroatoms. The SMILES string of the molecule is CC(Oc1cc(Cl)cc(Cl)c1)C(=O)Nc1ccc(N2CCNC(=O)C2)nc1. The summed E-state index contributed by atoms with van der Waals surface area (Å²) < 4.78 is 5.59. The van der Waals surface area contributed by atoms with E-state index in [1.165, 1.54) is 0 Å². The maximum Gasteiger partial charge on any atom is 0.265 e. The Morgan fingerprint density at radius 1 is 1.30 bits per heavy atom. The van der Waals surface area contributed by atoms with Crippen molar-refractivity contribution < 1.29 is 14.3 Å². The summed E-state index contributed by atoms with van der Waals surface area (Å²) in [6.07, 6.45) is 0.785. The largest absolute Gasteiger partial charge is 0.481 e. The predicted octanol–water partition coefficient (Wildman–Crippen LogP) is 2.73. The van der Waals surface area contributed by atoms with Gasteiger partial charge in [0.05, 0.1) is 18.4 Å². The van der Waals surface area contributed by atoms with Crippen LogP contribution >= 0.6 is 23.2 Å². The molecule has 1 fully saturated rings. The summed E-state index contributed by atoms with van der Waals surface area (Å²) in [5, 5.41) is 6.36. The number of aromatic nitrogens is 1. The molecule has 0 aliphatic carbocycles. The summed E-state index contributed by atoms with van der Waals surface area (Å²) in [6, 6.07) is 8.25. The molecule has 1 aromatic heterocycles. The topological polar surface area (TPSA) is 83.6 Å². The third-order valence-electron chi connectivity index (χ3n) is 3.90. The lowest BCUT2D eigenvalue weighted by Gasteiger charge is -2.27. The summed E-state index contributed by atoms with van der Waals surface area (Å²) in [5.41, 5.74) is 0.532. The highest BCUT2D eigenvalue weighted by Crippen LogP contribution is 2.25. The monoisotopic (exact) mass is 408 g/mol. The molecule has 1 atom stereocenters. The highest BCUT2D eigenvalue weighted by atomic mass is 35.5. The molecule has 1 unspecified atom stereocenters. The number of pyridine rings is 1. The van der Waals surface area contributed by atoms with Gasteiger partial charge in [-0.05, 0) is 37.3 Å². The highest BCUT2D eigenvalue weighted by Gasteiger charge is 2.18. The summed E-state index contributed by atoms with van der Waals surface area (Å²) in [5.74, 6) is 0.721. The molecule has 7 nitrogen and oxygen atoms in total. The van der Waals surface area contributed by atoms with Crippen LogP contribution < -0.4 is 20.3 Å². The number of nitrogens with one attached hydrogen (secondary N) is 2. The molecule has 1 aliphatic rings. The fraction of sp³-hybridized carbons (Fsp3) is 0.278. The first-order valence-corrected chi connectivity index (χ1v) is 9.07. The zero-order valence-corrected chi connectivity index (χ0v) is 16.0. The van der Waals surface area contributed by atoms with Crippen molar-refractivity contribution >= 4 is 46.5 Å². The molecule has 1 aliphatic heterocycles. The third-order valence-corrected chi connectivity index (χ3v) is 4.33. The molecule has 3 rings (SSSR count). The number of halogens is 2. The smallest absolute Gasteiger partial charge is 0.265 e. The molecule has 0 bridgehead atoms. The predicted molar refractivity (Wildman–Crippen MR) is 105 cm³/mol. The highest BCUT2D eigenvalue weighted by molar-refractivity contribution is 6.34. The summed E-state index contributed by atoms with van der Waals surface area (Å²) in [4.78, 5) is 30.0. The summed E-state index contributed by atoms with van der Waals surface area (Å²) >= 11 is 11.9. The first-order valence-electron chi connectivity index (χ1n) is 8.32. The summed E-state index contributed by atoms with van der Waals surface area (Å²) in [6.45, 7) is 3.17. The number of piperazine rings is 1. The Morgan fingerprint density at radius 2 is 2.04 bits per heavy atom. The number of anilines is 2. The standard InChI is InChI=1S/C18H18Cl2N4O3/c1-11(27-15-7-12(19)6-13(20)8-15)18(26)23-14-2-3-16(22-9-14)24-5-4-21-17(25)10-24/h2-3,6-9,11H,4-5,10H2,1H3,(H,21,25)(H,23,26). The van der Waals surface area contributed by atoms with Gasteiger partial charge in [-0.1, -0.05) is 23.2 Å². The minimum absolute atomic E-state index is 0.0347. The molecular weight excluding hydrogens is 391 g/mol. The molecule has 27 heavy (non-hydrogen) atoms. The van der Waals surface area contributed by atoms with Crippen LogP contribution in [0.3, 0.4) is 0 Å². The lowest BCUT2D eigenvalue weighted by molar-refractivity contribution is -0.122. The second kappa shape index (κ2) is 8.45. The van der Waals surface area contributed by atoms with Gasteiger partial charge in [0.15, 0.2) is 6.10 Å². The van der Waals surface area contributed by atoms with Crippen LogP contribution in [-0.4, -0.2) is 42.5 Å². The van der Waals surface area contributed by atoms with E-state index in [0.29, 0.717) is 40.4 Å². The molecule has 2 amide bonds. The lowest BCUT2D eigenvalue weighted by Crippen LogP contribution is -2.48. The molecule has 1 saturated heterocycles. The normalized spacial score (nSPS) is 15.1. The molecule has 0 radical (unpaired) electrons. The van der Waals surface area contributed by atoms with Crippen molar-refractivity contribution in [2.45, 2.75) is 13.0 Å². The van der Waals surface area contributed by atoms with Gasteiger partial charge in [-0.2, -0.15) is 0 Å². The Hall–Kier alpha value is -2.51. The quantitative estimate of drug-likeness (QED) is 0.794. The number of benzene rings is 1. The number of ether oxygens (including phenoxy) is 1. The molecule has 2 N–H and O–H groups in total. The second-order valence-corrected chi connectivity index (χ2v) is 6.90. The van der Waals surface area contributed by atoms with Crippen LogP contribution in [0.4, 0.5) is 11.5 Å². The molecule has 2 aromatic rings. The van der Waals surface area contributed by atoms with E-state index >= 15 is 0 Å². The Kier molecular flexibility index (Phi) is 6.03. The molecule has 142 valence electrons. The number of hydrogen-bond donors (Lipinski definition) is 2.